The molecule has 0 spiro atoms. The number of hydrogen-bond acceptors (Lipinski definition) is 3. The average molecular weight is 361 g/mol. The molecule has 3 amide bonds. The van der Waals surface area contributed by atoms with Crippen LogP contribution in [0.5, 0.6) is 0 Å². The number of carbonyl (C=O) groups is 3. The van der Waals surface area contributed by atoms with E-state index in [2.05, 4.69) is 0 Å². The van der Waals surface area contributed by atoms with Crippen molar-refractivity contribution in [3.63, 3.8) is 0 Å². The fourth-order valence-corrected chi connectivity index (χ4v) is 4.76. The average Bonchev–Trinajstić information content (AvgIpc) is 3.06. The molecule has 2 atom stereocenters. The lowest BCUT2D eigenvalue weighted by Crippen LogP contribution is -2.54. The molecule has 0 aromatic heterocycles. The Labute approximate surface area is 151 Å². The van der Waals surface area contributed by atoms with Gasteiger partial charge in [-0.05, 0) is 43.4 Å². The second kappa shape index (κ2) is 6.45. The summed E-state index contributed by atoms with van der Waals surface area (Å²) in [6.45, 7) is 0. The molecule has 1 aromatic carbocycles. The smallest absolute Gasteiger partial charge is 0.229 e. The maximum absolute atomic E-state index is 12.8. The van der Waals surface area contributed by atoms with Gasteiger partial charge in [-0.1, -0.05) is 23.7 Å². The van der Waals surface area contributed by atoms with Gasteiger partial charge < -0.3 is 4.90 Å². The zero-order valence-electron chi connectivity index (χ0n) is 14.0. The molecule has 1 aromatic rings. The first kappa shape index (κ1) is 16.6. The number of hydrogen-bond donors (Lipinski definition) is 0. The summed E-state index contributed by atoms with van der Waals surface area (Å²) in [6, 6.07) is 7.63. The summed E-state index contributed by atoms with van der Waals surface area (Å²) < 4.78 is 0. The zero-order valence-corrected chi connectivity index (χ0v) is 14.7. The van der Waals surface area contributed by atoms with Crippen molar-refractivity contribution < 1.29 is 14.4 Å². The highest BCUT2D eigenvalue weighted by Crippen LogP contribution is 2.39. The monoisotopic (exact) mass is 360 g/mol. The van der Waals surface area contributed by atoms with Crippen LogP contribution in [0.2, 0.25) is 5.02 Å². The van der Waals surface area contributed by atoms with Crippen LogP contribution in [0.1, 0.15) is 44.1 Å². The van der Waals surface area contributed by atoms with Crippen LogP contribution in [-0.2, 0) is 20.8 Å². The first-order valence-corrected chi connectivity index (χ1v) is 9.31. The molecule has 0 radical (unpaired) electrons. The van der Waals surface area contributed by atoms with E-state index in [0.717, 1.165) is 31.2 Å². The number of benzene rings is 1. The standard InChI is InChI=1S/C19H21ClN2O3/c20-13-3-1-12(2-4-13)9-19(25)21-14-5-6-15(21)11-16(10-14)22-17(23)7-8-18(22)24/h1-4,14-16H,5-11H2. The Balaban J connectivity index is 1.45. The molecule has 3 heterocycles. The maximum Gasteiger partial charge on any atom is 0.229 e. The van der Waals surface area contributed by atoms with Crippen LogP contribution < -0.4 is 0 Å². The summed E-state index contributed by atoms with van der Waals surface area (Å²) in [5.74, 6) is 0.0398. The molecule has 0 N–H and O–H groups in total. The van der Waals surface area contributed by atoms with Crippen molar-refractivity contribution >= 4 is 29.3 Å². The minimum Gasteiger partial charge on any atom is -0.336 e. The van der Waals surface area contributed by atoms with Crippen molar-refractivity contribution in [1.29, 1.82) is 0 Å². The van der Waals surface area contributed by atoms with Crippen LogP contribution in [0.4, 0.5) is 0 Å². The number of likely N-dealkylation sites (tertiary alicyclic amines) is 1. The molecule has 25 heavy (non-hydrogen) atoms. The highest BCUT2D eigenvalue weighted by atomic mass is 35.5. The van der Waals surface area contributed by atoms with Gasteiger partial charge in [-0.15, -0.1) is 0 Å². The van der Waals surface area contributed by atoms with Gasteiger partial charge in [-0.2, -0.15) is 0 Å². The molecule has 3 aliphatic heterocycles. The Morgan fingerprint density at radius 3 is 2.08 bits per heavy atom. The van der Waals surface area contributed by atoms with E-state index in [9.17, 15) is 14.4 Å². The van der Waals surface area contributed by atoms with Gasteiger partial charge in [0.05, 0.1) is 6.42 Å². The summed E-state index contributed by atoms with van der Waals surface area (Å²) in [5.41, 5.74) is 0.959. The van der Waals surface area contributed by atoms with Crippen molar-refractivity contribution in [2.24, 2.45) is 0 Å². The third-order valence-electron chi connectivity index (χ3n) is 5.72. The molecule has 2 unspecified atom stereocenters. The summed E-state index contributed by atoms with van der Waals surface area (Å²) in [4.78, 5) is 40.3. The fraction of sp³-hybridized carbons (Fsp3) is 0.526. The van der Waals surface area contributed by atoms with E-state index in [0.29, 0.717) is 24.3 Å². The molecular formula is C19H21ClN2O3. The van der Waals surface area contributed by atoms with Gasteiger partial charge in [-0.3, -0.25) is 19.3 Å². The largest absolute Gasteiger partial charge is 0.336 e. The first-order valence-electron chi connectivity index (χ1n) is 8.93. The van der Waals surface area contributed by atoms with Crippen molar-refractivity contribution in [1.82, 2.24) is 9.80 Å². The molecule has 0 aliphatic carbocycles. The molecule has 2 bridgehead atoms. The number of halogens is 1. The molecule has 132 valence electrons. The number of amides is 3. The van der Waals surface area contributed by atoms with Gasteiger partial charge in [0.25, 0.3) is 0 Å². The molecule has 4 rings (SSSR count). The Kier molecular flexibility index (Phi) is 4.28. The molecule has 3 fully saturated rings. The normalized spacial score (nSPS) is 28.8. The Hall–Kier alpha value is -1.88. The maximum atomic E-state index is 12.8. The fourth-order valence-electron chi connectivity index (χ4n) is 4.64. The highest BCUT2D eigenvalue weighted by molar-refractivity contribution is 6.30. The quantitative estimate of drug-likeness (QED) is 0.778. The van der Waals surface area contributed by atoms with Gasteiger partial charge in [-0.25, -0.2) is 0 Å². The van der Waals surface area contributed by atoms with Crippen molar-refractivity contribution in [2.45, 2.75) is 63.1 Å². The number of piperidine rings is 1. The van der Waals surface area contributed by atoms with Crippen molar-refractivity contribution in [3.8, 4) is 0 Å². The number of rotatable bonds is 3. The van der Waals surface area contributed by atoms with E-state index in [4.69, 9.17) is 11.6 Å². The second-order valence-electron chi connectivity index (χ2n) is 7.27. The Bertz CT molecular complexity index is 688. The van der Waals surface area contributed by atoms with Gasteiger partial charge >= 0.3 is 0 Å². The van der Waals surface area contributed by atoms with Crippen LogP contribution in [0.3, 0.4) is 0 Å². The van der Waals surface area contributed by atoms with Gasteiger partial charge in [0.2, 0.25) is 17.7 Å². The van der Waals surface area contributed by atoms with Crippen molar-refractivity contribution in [2.75, 3.05) is 0 Å². The Morgan fingerprint density at radius 1 is 0.960 bits per heavy atom. The molecule has 0 saturated carbocycles. The summed E-state index contributed by atoms with van der Waals surface area (Å²) in [7, 11) is 0. The number of carbonyl (C=O) groups excluding carboxylic acids is 3. The molecular weight excluding hydrogens is 340 g/mol. The molecule has 6 heteroatoms. The van der Waals surface area contributed by atoms with Crippen LogP contribution in [0.25, 0.3) is 0 Å². The third kappa shape index (κ3) is 3.06. The van der Waals surface area contributed by atoms with E-state index >= 15 is 0 Å². The first-order chi connectivity index (χ1) is 12.0. The van der Waals surface area contributed by atoms with Crippen LogP contribution >= 0.6 is 11.6 Å². The lowest BCUT2D eigenvalue weighted by molar-refractivity contribution is -0.144. The summed E-state index contributed by atoms with van der Waals surface area (Å²) >= 11 is 5.90. The number of fused-ring (bicyclic) bond motifs is 2. The number of nitrogens with zero attached hydrogens (tertiary/aromatic N) is 2. The topological polar surface area (TPSA) is 57.7 Å². The van der Waals surface area contributed by atoms with Crippen molar-refractivity contribution in [3.05, 3.63) is 34.9 Å². The minimum absolute atomic E-state index is 0.0282. The van der Waals surface area contributed by atoms with Gasteiger partial charge in [0.15, 0.2) is 0 Å². The van der Waals surface area contributed by atoms with E-state index in [-0.39, 0.29) is 35.8 Å². The van der Waals surface area contributed by atoms with Crippen LogP contribution in [0, 0.1) is 0 Å². The van der Waals surface area contributed by atoms with Gasteiger partial charge in [0.1, 0.15) is 0 Å². The van der Waals surface area contributed by atoms with E-state index in [1.165, 1.54) is 4.90 Å². The lowest BCUT2D eigenvalue weighted by Gasteiger charge is -2.41. The minimum atomic E-state index is -0.0460. The predicted octanol–water partition coefficient (Wildman–Crippen LogP) is 2.55. The number of imide groups is 1. The third-order valence-corrected chi connectivity index (χ3v) is 5.97. The predicted molar refractivity (Wildman–Crippen MR) is 92.9 cm³/mol. The van der Waals surface area contributed by atoms with E-state index in [1.807, 2.05) is 17.0 Å². The molecule has 5 nitrogen and oxygen atoms in total. The highest BCUT2D eigenvalue weighted by Gasteiger charge is 2.47. The Morgan fingerprint density at radius 2 is 1.52 bits per heavy atom. The van der Waals surface area contributed by atoms with E-state index in [1.54, 1.807) is 12.1 Å². The molecule has 3 saturated heterocycles. The summed E-state index contributed by atoms with van der Waals surface area (Å²) in [6.07, 6.45) is 4.42. The SMILES string of the molecule is O=C1CCC(=O)N1C1CC2CCC(C1)N2C(=O)Cc1ccc(Cl)cc1. The van der Waals surface area contributed by atoms with E-state index < -0.39 is 0 Å². The second-order valence-corrected chi connectivity index (χ2v) is 7.71. The zero-order chi connectivity index (χ0) is 17.6. The lowest BCUT2D eigenvalue weighted by atomic mass is 9.95. The summed E-state index contributed by atoms with van der Waals surface area (Å²) in [5, 5.41) is 0.664. The van der Waals surface area contributed by atoms with Crippen LogP contribution in [0.15, 0.2) is 24.3 Å². The molecule has 3 aliphatic rings. The van der Waals surface area contributed by atoms with Gasteiger partial charge in [0, 0.05) is 36.0 Å². The van der Waals surface area contributed by atoms with Crippen LogP contribution in [-0.4, -0.2) is 45.6 Å².